The number of nitrogens with zero attached hydrogens (tertiary/aromatic N) is 1. The van der Waals surface area contributed by atoms with E-state index in [4.69, 9.17) is 24.6 Å². The number of methoxy groups -OCH3 is 1. The van der Waals surface area contributed by atoms with E-state index in [1.165, 1.54) is 13.2 Å². The van der Waals surface area contributed by atoms with Crippen molar-refractivity contribution < 1.29 is 24.1 Å². The Bertz CT molecular complexity index is 941. The van der Waals surface area contributed by atoms with Crippen molar-refractivity contribution in [2.75, 3.05) is 20.3 Å². The molecule has 0 bridgehead atoms. The van der Waals surface area contributed by atoms with Crippen molar-refractivity contribution in [3.63, 3.8) is 0 Å². The lowest BCUT2D eigenvalue weighted by atomic mass is 10.1. The molecule has 2 aromatic carbocycles. The Kier molecular flexibility index (Phi) is 7.05. The Morgan fingerprint density at radius 2 is 1.79 bits per heavy atom. The van der Waals surface area contributed by atoms with Crippen molar-refractivity contribution in [3.05, 3.63) is 58.2 Å². The monoisotopic (exact) mass is 381 g/mol. The lowest BCUT2D eigenvalue weighted by Crippen LogP contribution is -2.11. The second-order valence-corrected chi connectivity index (χ2v) is 6.23. The number of rotatable bonds is 8. The maximum Gasteiger partial charge on any atom is 0.346 e. The third kappa shape index (κ3) is 5.04. The summed E-state index contributed by atoms with van der Waals surface area (Å²) in [7, 11) is 1.53. The Labute approximate surface area is 164 Å². The number of carboxylic acid groups (broad SMARTS) is 1. The van der Waals surface area contributed by atoms with Gasteiger partial charge >= 0.3 is 5.97 Å². The number of hydrogen-bond donors (Lipinski definition) is 1. The van der Waals surface area contributed by atoms with Crippen LogP contribution in [0.4, 0.5) is 0 Å². The van der Waals surface area contributed by atoms with Crippen molar-refractivity contribution in [2.45, 2.75) is 20.8 Å². The van der Waals surface area contributed by atoms with Crippen LogP contribution in [0.15, 0.2) is 35.9 Å². The van der Waals surface area contributed by atoms with E-state index >= 15 is 0 Å². The van der Waals surface area contributed by atoms with Gasteiger partial charge in [0.2, 0.25) is 0 Å². The first-order valence-corrected chi connectivity index (χ1v) is 8.73. The molecular formula is C22H23NO5. The zero-order valence-electron chi connectivity index (χ0n) is 16.4. The van der Waals surface area contributed by atoms with Gasteiger partial charge in [0.1, 0.15) is 42.1 Å². The number of carboxylic acids is 1. The molecule has 0 aliphatic rings. The number of nitriles is 1. The second-order valence-electron chi connectivity index (χ2n) is 6.23. The van der Waals surface area contributed by atoms with E-state index in [-0.39, 0.29) is 12.2 Å². The van der Waals surface area contributed by atoms with Gasteiger partial charge in [0.05, 0.1) is 7.11 Å². The molecule has 6 heteroatoms. The van der Waals surface area contributed by atoms with Crippen LogP contribution in [0, 0.1) is 32.1 Å². The molecule has 0 aliphatic heterocycles. The number of aryl methyl sites for hydroxylation is 2. The highest BCUT2D eigenvalue weighted by atomic mass is 16.5. The third-order valence-corrected chi connectivity index (χ3v) is 4.33. The molecule has 0 radical (unpaired) electrons. The lowest BCUT2D eigenvalue weighted by molar-refractivity contribution is -0.132. The highest BCUT2D eigenvalue weighted by Gasteiger charge is 2.11. The molecule has 0 amide bonds. The minimum Gasteiger partial charge on any atom is -0.497 e. The van der Waals surface area contributed by atoms with E-state index in [2.05, 4.69) is 6.07 Å². The topological polar surface area (TPSA) is 88.8 Å². The Morgan fingerprint density at radius 3 is 2.43 bits per heavy atom. The van der Waals surface area contributed by atoms with Crippen molar-refractivity contribution in [1.29, 1.82) is 5.26 Å². The third-order valence-electron chi connectivity index (χ3n) is 4.33. The van der Waals surface area contributed by atoms with Gasteiger partial charge in [-0.05, 0) is 55.7 Å². The maximum absolute atomic E-state index is 11.1. The van der Waals surface area contributed by atoms with Gasteiger partial charge in [-0.1, -0.05) is 12.1 Å². The summed E-state index contributed by atoms with van der Waals surface area (Å²) in [5.41, 5.74) is 3.39. The first-order valence-electron chi connectivity index (χ1n) is 8.73. The summed E-state index contributed by atoms with van der Waals surface area (Å²) in [4.78, 5) is 11.1. The largest absolute Gasteiger partial charge is 0.497 e. The highest BCUT2D eigenvalue weighted by molar-refractivity contribution is 5.96. The average Bonchev–Trinajstić information content (AvgIpc) is 2.68. The van der Waals surface area contributed by atoms with E-state index < -0.39 is 5.97 Å². The molecule has 0 saturated heterocycles. The van der Waals surface area contributed by atoms with Crippen molar-refractivity contribution in [3.8, 4) is 23.3 Å². The van der Waals surface area contributed by atoms with Crippen LogP contribution in [0.3, 0.4) is 0 Å². The number of aliphatic carboxylic acids is 1. The minimum absolute atomic E-state index is 0.246. The first kappa shape index (κ1) is 20.8. The van der Waals surface area contributed by atoms with E-state index in [0.29, 0.717) is 23.7 Å². The fraction of sp³-hybridized carbons (Fsp3) is 0.273. The normalized spacial score (nSPS) is 10.9. The van der Waals surface area contributed by atoms with Gasteiger partial charge in [0.15, 0.2) is 0 Å². The molecule has 0 heterocycles. The van der Waals surface area contributed by atoms with Gasteiger partial charge < -0.3 is 19.3 Å². The Hall–Kier alpha value is -3.46. The van der Waals surface area contributed by atoms with Crippen molar-refractivity contribution in [2.24, 2.45) is 0 Å². The summed E-state index contributed by atoms with van der Waals surface area (Å²) in [5, 5.41) is 18.0. The second kappa shape index (κ2) is 9.47. The van der Waals surface area contributed by atoms with E-state index in [9.17, 15) is 4.79 Å². The Balaban J connectivity index is 2.14. The summed E-state index contributed by atoms with van der Waals surface area (Å²) in [6.07, 6.45) is 1.27. The molecule has 0 aliphatic carbocycles. The lowest BCUT2D eigenvalue weighted by Gasteiger charge is -2.15. The summed E-state index contributed by atoms with van der Waals surface area (Å²) in [6, 6.07) is 10.7. The molecule has 0 aromatic heterocycles. The molecule has 1 N–H and O–H groups in total. The molecule has 2 aromatic rings. The fourth-order valence-electron chi connectivity index (χ4n) is 2.63. The minimum atomic E-state index is -1.29. The van der Waals surface area contributed by atoms with Gasteiger partial charge in [0, 0.05) is 11.6 Å². The standard InChI is InChI=1S/C22H23NO5/c1-14-5-6-15(2)21(16(14)3)28-10-9-27-20-12-19(26-4)8-7-17(20)11-18(13-23)22(24)25/h5-8,11-12H,9-10H2,1-4H3,(H,24,25). The van der Waals surface area contributed by atoms with Crippen molar-refractivity contribution in [1.82, 2.24) is 0 Å². The van der Waals surface area contributed by atoms with E-state index in [1.807, 2.05) is 26.8 Å². The van der Waals surface area contributed by atoms with Crippen LogP contribution >= 0.6 is 0 Å². The van der Waals surface area contributed by atoms with Crippen LogP contribution in [-0.4, -0.2) is 31.4 Å². The molecule has 0 saturated carbocycles. The molecular weight excluding hydrogens is 358 g/mol. The van der Waals surface area contributed by atoms with Crippen molar-refractivity contribution >= 4 is 12.0 Å². The zero-order chi connectivity index (χ0) is 20.7. The summed E-state index contributed by atoms with van der Waals surface area (Å²) < 4.78 is 16.9. The van der Waals surface area contributed by atoms with E-state index in [1.54, 1.807) is 24.3 Å². The van der Waals surface area contributed by atoms with Gasteiger partial charge in [-0.3, -0.25) is 0 Å². The molecule has 28 heavy (non-hydrogen) atoms. The zero-order valence-corrected chi connectivity index (χ0v) is 16.4. The summed E-state index contributed by atoms with van der Waals surface area (Å²) in [6.45, 7) is 6.59. The summed E-state index contributed by atoms with van der Waals surface area (Å²) >= 11 is 0. The van der Waals surface area contributed by atoms with Gasteiger partial charge in [-0.25, -0.2) is 4.79 Å². The predicted molar refractivity (Wildman–Crippen MR) is 106 cm³/mol. The molecule has 0 atom stereocenters. The fourth-order valence-corrected chi connectivity index (χ4v) is 2.63. The van der Waals surface area contributed by atoms with Crippen LogP contribution in [0.25, 0.3) is 6.08 Å². The molecule has 6 nitrogen and oxygen atoms in total. The number of benzene rings is 2. The number of hydrogen-bond acceptors (Lipinski definition) is 5. The van der Waals surface area contributed by atoms with Gasteiger partial charge in [0.25, 0.3) is 0 Å². The molecule has 0 fully saturated rings. The highest BCUT2D eigenvalue weighted by Crippen LogP contribution is 2.28. The SMILES string of the molecule is COc1ccc(C=C(C#N)C(=O)O)c(OCCOc2c(C)ccc(C)c2C)c1. The number of ether oxygens (including phenoxy) is 3. The van der Waals surface area contributed by atoms with Gasteiger partial charge in [-0.2, -0.15) is 5.26 Å². The molecule has 0 unspecified atom stereocenters. The van der Waals surface area contributed by atoms with Gasteiger partial charge in [-0.15, -0.1) is 0 Å². The predicted octanol–water partition coefficient (Wildman–Crippen LogP) is 4.07. The quantitative estimate of drug-likeness (QED) is 0.421. The summed E-state index contributed by atoms with van der Waals surface area (Å²) in [5.74, 6) is 0.520. The smallest absolute Gasteiger partial charge is 0.346 e. The van der Waals surface area contributed by atoms with Crippen LogP contribution in [0.2, 0.25) is 0 Å². The molecule has 2 rings (SSSR count). The Morgan fingerprint density at radius 1 is 1.11 bits per heavy atom. The molecule has 0 spiro atoms. The van der Waals surface area contributed by atoms with E-state index in [0.717, 1.165) is 22.4 Å². The van der Waals surface area contributed by atoms with Crippen LogP contribution in [-0.2, 0) is 4.79 Å². The van der Waals surface area contributed by atoms with Crippen LogP contribution in [0.1, 0.15) is 22.3 Å². The van der Waals surface area contributed by atoms with Crippen LogP contribution in [0.5, 0.6) is 17.2 Å². The maximum atomic E-state index is 11.1. The first-order chi connectivity index (χ1) is 13.4. The van der Waals surface area contributed by atoms with Crippen LogP contribution < -0.4 is 14.2 Å². The molecule has 146 valence electrons. The number of carbonyl (C=O) groups is 1. The average molecular weight is 381 g/mol.